The second kappa shape index (κ2) is 5.61. The number of nitrogens with zero attached hydrogens (tertiary/aromatic N) is 3. The second-order valence-electron chi connectivity index (χ2n) is 4.68. The van der Waals surface area contributed by atoms with Crippen LogP contribution in [0.4, 0.5) is 5.69 Å². The molecule has 1 unspecified atom stereocenters. The highest BCUT2D eigenvalue weighted by molar-refractivity contribution is 8.00. The maximum absolute atomic E-state index is 4.69. The van der Waals surface area contributed by atoms with E-state index in [9.17, 15) is 0 Å². The van der Waals surface area contributed by atoms with Crippen molar-refractivity contribution >= 4 is 29.6 Å². The number of benzene rings is 1. The zero-order chi connectivity index (χ0) is 13.1. The molecular weight excluding hydrogens is 254 g/mol. The summed E-state index contributed by atoms with van der Waals surface area (Å²) in [6, 6.07) is 8.34. The van der Waals surface area contributed by atoms with Gasteiger partial charge in [-0.15, -0.1) is 11.8 Å². The normalized spacial score (nSPS) is 21.2. The van der Waals surface area contributed by atoms with Crippen LogP contribution in [0.3, 0.4) is 0 Å². The summed E-state index contributed by atoms with van der Waals surface area (Å²) < 4.78 is 0. The van der Waals surface area contributed by atoms with E-state index in [1.165, 1.54) is 17.7 Å². The predicted octanol–water partition coefficient (Wildman–Crippen LogP) is 3.85. The molecule has 98 valence electrons. The van der Waals surface area contributed by atoms with Crippen LogP contribution in [0.15, 0.2) is 51.4 Å². The molecule has 1 aromatic carbocycles. The molecule has 0 N–H and O–H groups in total. The van der Waals surface area contributed by atoms with Gasteiger partial charge in [-0.05, 0) is 24.6 Å². The van der Waals surface area contributed by atoms with Crippen LogP contribution in [0.2, 0.25) is 0 Å². The van der Waals surface area contributed by atoms with Crippen molar-refractivity contribution in [3.8, 4) is 0 Å². The molecule has 19 heavy (non-hydrogen) atoms. The van der Waals surface area contributed by atoms with Gasteiger partial charge in [0.1, 0.15) is 0 Å². The average Bonchev–Trinajstić information content (AvgIpc) is 2.41. The average molecular weight is 271 g/mol. The molecule has 0 aliphatic carbocycles. The minimum absolute atomic E-state index is 0.578. The molecule has 1 atom stereocenters. The molecule has 0 saturated heterocycles. The van der Waals surface area contributed by atoms with Crippen LogP contribution in [0.5, 0.6) is 0 Å². The van der Waals surface area contributed by atoms with Crippen LogP contribution < -0.4 is 0 Å². The smallest absolute Gasteiger partial charge is 0.229 e. The van der Waals surface area contributed by atoms with Gasteiger partial charge in [0.25, 0.3) is 0 Å². The number of allylic oxidation sites excluding steroid dienone is 1. The molecule has 2 aliphatic rings. The molecule has 0 bridgehead atoms. The predicted molar refractivity (Wildman–Crippen MR) is 82.4 cm³/mol. The van der Waals surface area contributed by atoms with Crippen molar-refractivity contribution in [1.82, 2.24) is 4.90 Å². The Bertz CT molecular complexity index is 548. The maximum atomic E-state index is 4.69. The number of para-hydroxylation sites is 1. The number of thioether (sulfide) groups is 1. The van der Waals surface area contributed by atoms with Crippen molar-refractivity contribution in [2.75, 3.05) is 6.54 Å². The third kappa shape index (κ3) is 2.73. The largest absolute Gasteiger partial charge is 0.316 e. The molecule has 4 heteroatoms. The fraction of sp³-hybridized carbons (Fsp3) is 0.333. The fourth-order valence-corrected chi connectivity index (χ4v) is 3.63. The van der Waals surface area contributed by atoms with Crippen molar-refractivity contribution in [2.45, 2.75) is 29.9 Å². The Morgan fingerprint density at radius 1 is 1.37 bits per heavy atom. The van der Waals surface area contributed by atoms with E-state index in [1.54, 1.807) is 0 Å². The van der Waals surface area contributed by atoms with E-state index < -0.39 is 0 Å². The Balaban J connectivity index is 2.01. The first kappa shape index (κ1) is 12.5. The third-order valence-electron chi connectivity index (χ3n) is 3.19. The van der Waals surface area contributed by atoms with Gasteiger partial charge in [-0.1, -0.05) is 25.5 Å². The van der Waals surface area contributed by atoms with Crippen molar-refractivity contribution in [3.63, 3.8) is 0 Å². The van der Waals surface area contributed by atoms with E-state index in [0.717, 1.165) is 18.2 Å². The Hall–Kier alpha value is -1.55. The molecule has 3 rings (SSSR count). The molecule has 0 radical (unpaired) electrons. The molecule has 0 saturated carbocycles. The summed E-state index contributed by atoms with van der Waals surface area (Å²) in [5, 5.41) is 0.578. The first-order valence-corrected chi connectivity index (χ1v) is 7.56. The monoisotopic (exact) mass is 271 g/mol. The van der Waals surface area contributed by atoms with Gasteiger partial charge in [-0.3, -0.25) is 0 Å². The lowest BCUT2D eigenvalue weighted by atomic mass is 10.2. The third-order valence-corrected chi connectivity index (χ3v) is 4.51. The van der Waals surface area contributed by atoms with Gasteiger partial charge in [-0.25, -0.2) is 9.98 Å². The number of fused-ring (bicyclic) bond motifs is 2. The van der Waals surface area contributed by atoms with Gasteiger partial charge in [0.2, 0.25) is 5.96 Å². The van der Waals surface area contributed by atoms with E-state index in [1.807, 2.05) is 30.1 Å². The first-order chi connectivity index (χ1) is 9.36. The van der Waals surface area contributed by atoms with Gasteiger partial charge >= 0.3 is 0 Å². The van der Waals surface area contributed by atoms with Crippen LogP contribution >= 0.6 is 11.8 Å². The zero-order valence-electron chi connectivity index (χ0n) is 11.0. The number of hydrogen-bond acceptors (Lipinski definition) is 4. The fourth-order valence-electron chi connectivity index (χ4n) is 2.29. The Kier molecular flexibility index (Phi) is 3.69. The van der Waals surface area contributed by atoms with Crippen molar-refractivity contribution in [3.05, 3.63) is 36.5 Å². The zero-order valence-corrected chi connectivity index (χ0v) is 11.8. The summed E-state index contributed by atoms with van der Waals surface area (Å²) in [5.41, 5.74) is 1.03. The Morgan fingerprint density at radius 3 is 3.16 bits per heavy atom. The summed E-state index contributed by atoms with van der Waals surface area (Å²) in [5.74, 6) is 0.802. The quantitative estimate of drug-likeness (QED) is 0.817. The van der Waals surface area contributed by atoms with Crippen molar-refractivity contribution in [2.24, 2.45) is 9.98 Å². The van der Waals surface area contributed by atoms with Crippen molar-refractivity contribution < 1.29 is 0 Å². The molecule has 2 heterocycles. The van der Waals surface area contributed by atoms with Gasteiger partial charge < -0.3 is 4.90 Å². The number of guanidine groups is 1. The highest BCUT2D eigenvalue weighted by atomic mass is 32.2. The lowest BCUT2D eigenvalue weighted by molar-refractivity contribution is 0.518. The van der Waals surface area contributed by atoms with Crippen molar-refractivity contribution in [1.29, 1.82) is 0 Å². The standard InChI is InChI=1S/C15H17N3S/c1-2-6-12-11-18-10-5-9-16-15(18)17-13-7-3-4-8-14(13)19-12/h3-5,7-10,12H,2,6,11H2,1H3. The van der Waals surface area contributed by atoms with Crippen LogP contribution in [0, 0.1) is 0 Å². The molecule has 1 aromatic rings. The van der Waals surface area contributed by atoms with E-state index in [2.05, 4.69) is 46.2 Å². The lowest BCUT2D eigenvalue weighted by Crippen LogP contribution is -2.33. The number of aliphatic imine (C=N–C) groups is 2. The van der Waals surface area contributed by atoms with Gasteiger partial charge in [0, 0.05) is 29.1 Å². The van der Waals surface area contributed by atoms with Gasteiger partial charge in [-0.2, -0.15) is 0 Å². The van der Waals surface area contributed by atoms with Gasteiger partial charge in [0.05, 0.1) is 5.69 Å². The molecule has 0 amide bonds. The summed E-state index contributed by atoms with van der Waals surface area (Å²) in [6.45, 7) is 3.21. The lowest BCUT2D eigenvalue weighted by Gasteiger charge is -2.28. The topological polar surface area (TPSA) is 28.0 Å². The van der Waals surface area contributed by atoms with Crippen LogP contribution in [-0.2, 0) is 0 Å². The van der Waals surface area contributed by atoms with E-state index >= 15 is 0 Å². The first-order valence-electron chi connectivity index (χ1n) is 6.68. The van der Waals surface area contributed by atoms with E-state index in [-0.39, 0.29) is 0 Å². The number of hydrogen-bond donors (Lipinski definition) is 0. The van der Waals surface area contributed by atoms with Crippen LogP contribution in [0.25, 0.3) is 0 Å². The minimum atomic E-state index is 0.578. The highest BCUT2D eigenvalue weighted by Gasteiger charge is 2.21. The SMILES string of the molecule is CCCC1CN2C=CC=NC2=Nc2ccccc2S1. The van der Waals surface area contributed by atoms with E-state index in [0.29, 0.717) is 5.25 Å². The summed E-state index contributed by atoms with van der Waals surface area (Å²) in [7, 11) is 0. The minimum Gasteiger partial charge on any atom is -0.316 e. The second-order valence-corrected chi connectivity index (χ2v) is 6.02. The van der Waals surface area contributed by atoms with Crippen LogP contribution in [0.1, 0.15) is 19.8 Å². The Morgan fingerprint density at radius 2 is 2.26 bits per heavy atom. The summed E-state index contributed by atoms with van der Waals surface area (Å²) >= 11 is 1.94. The molecule has 0 fully saturated rings. The molecule has 2 aliphatic heterocycles. The molecular formula is C15H17N3S. The molecule has 3 nitrogen and oxygen atoms in total. The molecule has 0 aromatic heterocycles. The van der Waals surface area contributed by atoms with E-state index in [4.69, 9.17) is 0 Å². The van der Waals surface area contributed by atoms with Gasteiger partial charge in [0.15, 0.2) is 0 Å². The summed E-state index contributed by atoms with van der Waals surface area (Å²) in [4.78, 5) is 12.5. The highest BCUT2D eigenvalue weighted by Crippen LogP contribution is 2.36. The maximum Gasteiger partial charge on any atom is 0.229 e. The summed E-state index contributed by atoms with van der Waals surface area (Å²) in [6.07, 6.45) is 8.26. The number of rotatable bonds is 2. The Labute approximate surface area is 118 Å². The molecule has 0 spiro atoms. The van der Waals surface area contributed by atoms with Crippen LogP contribution in [-0.4, -0.2) is 28.9 Å².